The lowest BCUT2D eigenvalue weighted by molar-refractivity contribution is -0.136. The number of carbonyl (C=O) groups excluding carboxylic acids is 3. The monoisotopic (exact) mass is 480 g/mol. The molecule has 3 aliphatic heterocycles. The number of nitrogens with zero attached hydrogens (tertiary/aromatic N) is 2. The maximum absolute atomic E-state index is 15.5. The van der Waals surface area contributed by atoms with Gasteiger partial charge in [-0.15, -0.1) is 0 Å². The Balaban J connectivity index is 1.46. The fraction of sp³-hybridized carbons (Fsp3) is 0.400. The Hall–Kier alpha value is -3.30. The van der Waals surface area contributed by atoms with Crippen LogP contribution in [-0.2, 0) is 33.9 Å². The zero-order valence-electron chi connectivity index (χ0n) is 30.4. The van der Waals surface area contributed by atoms with Gasteiger partial charge in [-0.1, -0.05) is 18.2 Å². The SMILES string of the molecule is [2H]C([2H])(Oc1cccc2c1C([2H])([2H])N([C@]1([2H])CCC(=O)NC1=O)C2=O)c1ccc(CN2C([2H])([2H])C([2H])([2H])OC([2H])([2H])C2([2H])[2H])cc1F. The van der Waals surface area contributed by atoms with Crippen LogP contribution < -0.4 is 10.1 Å². The Labute approximate surface area is 214 Å². The zero-order chi connectivity index (χ0) is 35.3. The first-order valence-corrected chi connectivity index (χ1v) is 10.1. The molecule has 5 rings (SSSR count). The molecule has 2 aromatic carbocycles. The van der Waals surface area contributed by atoms with Gasteiger partial charge in [0.2, 0.25) is 11.8 Å². The van der Waals surface area contributed by atoms with Gasteiger partial charge in [0, 0.05) is 48.1 Å². The molecule has 0 radical (unpaired) electrons. The number of hydrogen-bond donors (Lipinski definition) is 1. The number of morpholine rings is 1. The van der Waals surface area contributed by atoms with Crippen LogP contribution >= 0.6 is 0 Å². The number of piperidine rings is 1. The first-order valence-electron chi connectivity index (χ1n) is 16.6. The van der Waals surface area contributed by atoms with Gasteiger partial charge in [-0.3, -0.25) is 24.6 Å². The van der Waals surface area contributed by atoms with Crippen molar-refractivity contribution < 1.29 is 46.1 Å². The van der Waals surface area contributed by atoms with Crippen LogP contribution in [0.5, 0.6) is 5.75 Å². The van der Waals surface area contributed by atoms with Gasteiger partial charge in [-0.05, 0) is 30.2 Å². The maximum atomic E-state index is 15.5. The van der Waals surface area contributed by atoms with E-state index in [0.717, 1.165) is 24.3 Å². The molecule has 0 saturated carbocycles. The molecule has 1 atom stereocenters. The molecule has 3 amide bonds. The predicted molar refractivity (Wildman–Crippen MR) is 119 cm³/mol. The largest absolute Gasteiger partial charge is 0.488 e. The fourth-order valence-corrected chi connectivity index (χ4v) is 3.52. The molecule has 34 heavy (non-hydrogen) atoms. The summed E-state index contributed by atoms with van der Waals surface area (Å²) in [4.78, 5) is 38.1. The molecular formula is C25H26FN3O5. The van der Waals surface area contributed by atoms with Crippen LogP contribution in [0.15, 0.2) is 36.4 Å². The highest BCUT2D eigenvalue weighted by Gasteiger charge is 2.40. The van der Waals surface area contributed by atoms with Gasteiger partial charge in [0.1, 0.15) is 24.1 Å². The smallest absolute Gasteiger partial charge is 0.255 e. The normalized spacial score (nSPS) is 36.6. The molecule has 0 aliphatic carbocycles. The van der Waals surface area contributed by atoms with E-state index in [1.807, 2.05) is 5.32 Å². The summed E-state index contributed by atoms with van der Waals surface area (Å²) >= 11 is 0. The van der Waals surface area contributed by atoms with Crippen LogP contribution in [0, 0.1) is 5.82 Å². The molecule has 0 unspecified atom stereocenters. The molecule has 0 bridgehead atoms. The third-order valence-corrected chi connectivity index (χ3v) is 5.17. The van der Waals surface area contributed by atoms with E-state index in [-0.39, 0.29) is 22.4 Å². The minimum Gasteiger partial charge on any atom is -0.488 e. The number of halogens is 1. The van der Waals surface area contributed by atoms with E-state index in [1.165, 1.54) is 6.07 Å². The third-order valence-electron chi connectivity index (χ3n) is 5.17. The Morgan fingerprint density at radius 1 is 1.24 bits per heavy atom. The van der Waals surface area contributed by atoms with Crippen LogP contribution in [0.2, 0.25) is 0 Å². The average molecular weight is 481 g/mol. The first-order chi connectivity index (χ1) is 21.3. The molecule has 0 spiro atoms. The molecule has 2 aromatic rings. The van der Waals surface area contributed by atoms with Crippen LogP contribution in [0.1, 0.15) is 57.7 Å². The van der Waals surface area contributed by atoms with Gasteiger partial charge in [-0.2, -0.15) is 0 Å². The Kier molecular flexibility index (Phi) is 3.33. The van der Waals surface area contributed by atoms with Crippen molar-refractivity contribution in [2.24, 2.45) is 0 Å². The fourth-order valence-electron chi connectivity index (χ4n) is 3.52. The van der Waals surface area contributed by atoms with Crippen molar-refractivity contribution in [1.29, 1.82) is 0 Å². The minimum absolute atomic E-state index is 0.183. The van der Waals surface area contributed by atoms with Crippen molar-refractivity contribution in [3.05, 3.63) is 64.5 Å². The van der Waals surface area contributed by atoms with Crippen LogP contribution in [0.4, 0.5) is 4.39 Å². The molecule has 8 nitrogen and oxygen atoms in total. The van der Waals surface area contributed by atoms with Crippen molar-refractivity contribution in [3.8, 4) is 5.75 Å². The second-order valence-electron chi connectivity index (χ2n) is 7.39. The van der Waals surface area contributed by atoms with Crippen LogP contribution in [0.3, 0.4) is 0 Å². The maximum Gasteiger partial charge on any atom is 0.255 e. The van der Waals surface area contributed by atoms with Gasteiger partial charge in [0.15, 0.2) is 0 Å². The van der Waals surface area contributed by atoms with E-state index in [4.69, 9.17) is 22.6 Å². The van der Waals surface area contributed by atoms with Crippen molar-refractivity contribution in [2.75, 3.05) is 26.1 Å². The number of nitrogens with one attached hydrogen (secondary N) is 1. The summed E-state index contributed by atoms with van der Waals surface area (Å²) in [7, 11) is 0. The van der Waals surface area contributed by atoms with Gasteiger partial charge >= 0.3 is 0 Å². The standard InChI is InChI=1S/C25H26FN3O5/c26-20-12-16(13-28-8-10-33-11-9-28)4-5-17(20)15-34-22-3-1-2-18-19(22)14-29(25(18)32)21-6-7-23(30)27-24(21)31/h1-5,12,21H,6-11,13-15H2,(H,27,30,31)/t21-/m1/s1/i8D2,9D2,10D2,11D2,14D2,15D2,21D. The quantitative estimate of drug-likeness (QED) is 0.637. The van der Waals surface area contributed by atoms with Gasteiger partial charge in [0.25, 0.3) is 5.91 Å². The highest BCUT2D eigenvalue weighted by Crippen LogP contribution is 2.34. The summed E-state index contributed by atoms with van der Waals surface area (Å²) in [5, 5.41) is 1.91. The van der Waals surface area contributed by atoms with Crippen molar-refractivity contribution >= 4 is 17.7 Å². The average Bonchev–Trinajstić information content (AvgIpc) is 3.13. The van der Waals surface area contributed by atoms with Crippen molar-refractivity contribution in [1.82, 2.24) is 15.1 Å². The van der Waals surface area contributed by atoms with Gasteiger partial charge in [0.05, 0.1) is 32.0 Å². The summed E-state index contributed by atoms with van der Waals surface area (Å²) in [6.45, 7) is -20.1. The zero-order valence-corrected chi connectivity index (χ0v) is 17.4. The molecule has 2 saturated heterocycles. The first kappa shape index (κ1) is 11.9. The van der Waals surface area contributed by atoms with E-state index in [0.29, 0.717) is 11.0 Å². The second kappa shape index (κ2) is 9.52. The predicted octanol–water partition coefficient (Wildman–Crippen LogP) is 2.00. The highest BCUT2D eigenvalue weighted by atomic mass is 19.1. The highest BCUT2D eigenvalue weighted by molar-refractivity contribution is 6.05. The van der Waals surface area contributed by atoms with Crippen molar-refractivity contribution in [2.45, 2.75) is 38.5 Å². The number of ether oxygens (including phenoxy) is 2. The molecular weight excluding hydrogens is 441 g/mol. The minimum atomic E-state index is -3.33. The van der Waals surface area contributed by atoms with E-state index in [9.17, 15) is 14.4 Å². The number of fused-ring (bicyclic) bond motifs is 1. The Morgan fingerprint density at radius 2 is 2.06 bits per heavy atom. The third kappa shape index (κ3) is 4.53. The Bertz CT molecular complexity index is 1670. The summed E-state index contributed by atoms with van der Waals surface area (Å²) in [6.07, 6.45) is -0.873. The second-order valence-corrected chi connectivity index (χ2v) is 7.39. The van der Waals surface area contributed by atoms with Gasteiger partial charge < -0.3 is 14.4 Å². The number of hydrogen-bond acceptors (Lipinski definition) is 6. The molecule has 3 heterocycles. The number of imide groups is 1. The van der Waals surface area contributed by atoms with Crippen LogP contribution in [0.25, 0.3) is 0 Å². The molecule has 2 fully saturated rings. The number of amides is 3. The van der Waals surface area contributed by atoms with E-state index in [2.05, 4.69) is 4.74 Å². The summed E-state index contributed by atoms with van der Waals surface area (Å²) in [5.74, 6) is -4.94. The Morgan fingerprint density at radius 3 is 2.82 bits per heavy atom. The van der Waals surface area contributed by atoms with Crippen molar-refractivity contribution in [3.63, 3.8) is 0 Å². The van der Waals surface area contributed by atoms with E-state index >= 15 is 4.39 Å². The van der Waals surface area contributed by atoms with E-state index < -0.39 is 98.6 Å². The molecule has 1 N–H and O–H groups in total. The summed E-state index contributed by atoms with van der Waals surface area (Å²) in [6, 6.07) is 3.49. The van der Waals surface area contributed by atoms with E-state index in [1.54, 1.807) is 0 Å². The molecule has 3 aliphatic rings. The lowest BCUT2D eigenvalue weighted by Crippen LogP contribution is -2.52. The molecule has 9 heteroatoms. The molecule has 178 valence electrons. The van der Waals surface area contributed by atoms with Crippen LogP contribution in [-0.4, -0.2) is 59.7 Å². The lowest BCUT2D eigenvalue weighted by Gasteiger charge is -2.29. The molecule has 0 aromatic heterocycles. The van der Waals surface area contributed by atoms with Gasteiger partial charge in [-0.25, -0.2) is 4.39 Å². The number of rotatable bonds is 6. The number of carbonyl (C=O) groups is 3. The topological polar surface area (TPSA) is 88.2 Å². The summed E-state index contributed by atoms with van der Waals surface area (Å²) < 4.78 is 132. The number of benzene rings is 2. The lowest BCUT2D eigenvalue weighted by atomic mass is 10.0. The summed E-state index contributed by atoms with van der Waals surface area (Å²) in [5.41, 5.74) is -1.92.